The highest BCUT2D eigenvalue weighted by atomic mass is 32.2. The molecule has 2 aliphatic rings. The minimum Gasteiger partial charge on any atom is -0.357 e. The summed E-state index contributed by atoms with van der Waals surface area (Å²) in [6.07, 6.45) is 0.991. The predicted octanol–water partition coefficient (Wildman–Crippen LogP) is -0.248. The van der Waals surface area contributed by atoms with Crippen molar-refractivity contribution in [2.75, 3.05) is 18.1 Å². The molecule has 4 nitrogen and oxygen atoms in total. The Morgan fingerprint density at radius 3 is 2.93 bits per heavy atom. The van der Waals surface area contributed by atoms with E-state index in [1.165, 1.54) is 0 Å². The van der Waals surface area contributed by atoms with Gasteiger partial charge >= 0.3 is 0 Å². The highest BCUT2D eigenvalue weighted by Crippen LogP contribution is 2.24. The molecule has 2 atom stereocenters. The molecule has 0 amide bonds. The fraction of sp³-hybridized carbons (Fsp3) is 0.875. The van der Waals surface area contributed by atoms with Gasteiger partial charge in [0.15, 0.2) is 14.9 Å². The van der Waals surface area contributed by atoms with E-state index in [0.717, 1.165) is 18.1 Å². The van der Waals surface area contributed by atoms with Crippen molar-refractivity contribution in [2.45, 2.75) is 25.4 Å². The first-order valence-corrected chi connectivity index (χ1v) is 7.04. The average Bonchev–Trinajstić information content (AvgIpc) is 2.47. The van der Waals surface area contributed by atoms with Crippen molar-refractivity contribution < 1.29 is 8.42 Å². The Balaban J connectivity index is 2.17. The number of rotatable bonds is 2. The van der Waals surface area contributed by atoms with Crippen LogP contribution in [-0.4, -0.2) is 48.6 Å². The Bertz CT molecular complexity index is 352. The van der Waals surface area contributed by atoms with Crippen molar-refractivity contribution in [3.63, 3.8) is 0 Å². The van der Waals surface area contributed by atoms with Crippen molar-refractivity contribution in [3.05, 3.63) is 0 Å². The lowest BCUT2D eigenvalue weighted by Gasteiger charge is -2.22. The van der Waals surface area contributed by atoms with E-state index >= 15 is 0 Å². The second-order valence-electron chi connectivity index (χ2n) is 3.89. The van der Waals surface area contributed by atoms with Gasteiger partial charge in [-0.1, -0.05) is 6.92 Å². The Hall–Kier alpha value is -0.360. The summed E-state index contributed by atoms with van der Waals surface area (Å²) in [4.78, 5) is 2.02. The smallest absolute Gasteiger partial charge is 0.169 e. The summed E-state index contributed by atoms with van der Waals surface area (Å²) in [5, 5.41) is 3.80. The molecule has 0 aliphatic carbocycles. The monoisotopic (exact) mass is 234 g/mol. The van der Waals surface area contributed by atoms with E-state index in [1.54, 1.807) is 0 Å². The molecule has 0 unspecified atom stereocenters. The molecule has 2 saturated heterocycles. The SMILES string of the molecule is CCCN1C(=S)N[C@@H]2CS(=O)(=O)C[C@H]21. The fourth-order valence-electron chi connectivity index (χ4n) is 2.17. The molecular formula is C8H14N2O2S2. The van der Waals surface area contributed by atoms with Crippen LogP contribution in [0, 0.1) is 0 Å². The zero-order valence-corrected chi connectivity index (χ0v) is 9.70. The fourth-order valence-corrected chi connectivity index (χ4v) is 4.47. The third kappa shape index (κ3) is 1.61. The molecule has 0 spiro atoms. The Morgan fingerprint density at radius 1 is 1.57 bits per heavy atom. The number of hydrogen-bond donors (Lipinski definition) is 1. The van der Waals surface area contributed by atoms with Crippen LogP contribution in [0.25, 0.3) is 0 Å². The quantitative estimate of drug-likeness (QED) is 0.668. The van der Waals surface area contributed by atoms with Crippen molar-refractivity contribution >= 4 is 27.2 Å². The molecular weight excluding hydrogens is 220 g/mol. The minimum atomic E-state index is -2.84. The lowest BCUT2D eigenvalue weighted by molar-refractivity contribution is 0.355. The molecule has 0 aromatic carbocycles. The van der Waals surface area contributed by atoms with Gasteiger partial charge in [0.25, 0.3) is 0 Å². The average molecular weight is 234 g/mol. The van der Waals surface area contributed by atoms with Crippen LogP contribution in [0.15, 0.2) is 0 Å². The maximum atomic E-state index is 11.4. The van der Waals surface area contributed by atoms with Gasteiger partial charge in [-0.2, -0.15) is 0 Å². The van der Waals surface area contributed by atoms with Gasteiger partial charge in [-0.25, -0.2) is 8.42 Å². The van der Waals surface area contributed by atoms with Gasteiger partial charge in [-0.05, 0) is 18.6 Å². The largest absolute Gasteiger partial charge is 0.357 e. The summed E-state index contributed by atoms with van der Waals surface area (Å²) >= 11 is 5.16. The van der Waals surface area contributed by atoms with E-state index in [1.807, 2.05) is 4.90 Å². The van der Waals surface area contributed by atoms with E-state index < -0.39 is 9.84 Å². The van der Waals surface area contributed by atoms with Crippen LogP contribution in [0.4, 0.5) is 0 Å². The number of nitrogens with zero attached hydrogens (tertiary/aromatic N) is 1. The molecule has 80 valence electrons. The van der Waals surface area contributed by atoms with Crippen LogP contribution >= 0.6 is 12.2 Å². The Labute approximate surface area is 89.6 Å². The van der Waals surface area contributed by atoms with E-state index in [0.29, 0.717) is 0 Å². The van der Waals surface area contributed by atoms with Gasteiger partial charge < -0.3 is 10.2 Å². The maximum absolute atomic E-state index is 11.4. The van der Waals surface area contributed by atoms with Crippen LogP contribution in [-0.2, 0) is 9.84 Å². The van der Waals surface area contributed by atoms with Gasteiger partial charge in [-0.15, -0.1) is 0 Å². The summed E-state index contributed by atoms with van der Waals surface area (Å²) < 4.78 is 22.8. The molecule has 0 aromatic heterocycles. The molecule has 1 N–H and O–H groups in total. The third-order valence-electron chi connectivity index (χ3n) is 2.76. The first-order chi connectivity index (χ1) is 6.53. The summed E-state index contributed by atoms with van der Waals surface area (Å²) in [6.45, 7) is 2.92. The molecule has 2 aliphatic heterocycles. The second kappa shape index (κ2) is 3.34. The van der Waals surface area contributed by atoms with Crippen LogP contribution in [0.1, 0.15) is 13.3 Å². The van der Waals surface area contributed by atoms with Crippen LogP contribution in [0.3, 0.4) is 0 Å². The van der Waals surface area contributed by atoms with E-state index in [9.17, 15) is 8.42 Å². The Morgan fingerprint density at radius 2 is 2.29 bits per heavy atom. The zero-order valence-electron chi connectivity index (χ0n) is 8.06. The molecule has 0 radical (unpaired) electrons. The first-order valence-electron chi connectivity index (χ1n) is 4.81. The summed E-state index contributed by atoms with van der Waals surface area (Å²) in [7, 11) is -2.84. The van der Waals surface area contributed by atoms with Crippen molar-refractivity contribution in [1.82, 2.24) is 10.2 Å². The molecule has 0 aromatic rings. The lowest BCUT2D eigenvalue weighted by Crippen LogP contribution is -2.37. The van der Waals surface area contributed by atoms with Gasteiger partial charge in [-0.3, -0.25) is 0 Å². The Kier molecular flexibility index (Phi) is 2.43. The van der Waals surface area contributed by atoms with Gasteiger partial charge in [0.05, 0.1) is 23.6 Å². The third-order valence-corrected chi connectivity index (χ3v) is 4.83. The van der Waals surface area contributed by atoms with Gasteiger partial charge in [0.2, 0.25) is 0 Å². The molecule has 2 rings (SSSR count). The maximum Gasteiger partial charge on any atom is 0.169 e. The number of hydrogen-bond acceptors (Lipinski definition) is 3. The van der Waals surface area contributed by atoms with E-state index in [2.05, 4.69) is 12.2 Å². The number of sulfone groups is 1. The van der Waals surface area contributed by atoms with Gasteiger partial charge in [0, 0.05) is 6.54 Å². The topological polar surface area (TPSA) is 49.4 Å². The first kappa shape index (κ1) is 10.2. The van der Waals surface area contributed by atoms with E-state index in [4.69, 9.17) is 12.2 Å². The number of fused-ring (bicyclic) bond motifs is 1. The minimum absolute atomic E-state index is 0.0269. The standard InChI is InChI=1S/C8H14N2O2S2/c1-2-3-10-7-5-14(11,12)4-6(7)9-8(10)13/h6-7H,2-5H2,1H3,(H,9,13)/t6-,7-/m1/s1. The highest BCUT2D eigenvalue weighted by Gasteiger charge is 2.46. The predicted molar refractivity (Wildman–Crippen MR) is 59.0 cm³/mol. The lowest BCUT2D eigenvalue weighted by atomic mass is 10.2. The van der Waals surface area contributed by atoms with E-state index in [-0.39, 0.29) is 23.6 Å². The van der Waals surface area contributed by atoms with Crippen LogP contribution < -0.4 is 5.32 Å². The zero-order chi connectivity index (χ0) is 10.3. The number of nitrogens with one attached hydrogen (secondary N) is 1. The molecule has 2 heterocycles. The molecule has 0 bridgehead atoms. The van der Waals surface area contributed by atoms with Crippen LogP contribution in [0.2, 0.25) is 0 Å². The molecule has 2 fully saturated rings. The van der Waals surface area contributed by atoms with Crippen LogP contribution in [0.5, 0.6) is 0 Å². The van der Waals surface area contributed by atoms with Crippen molar-refractivity contribution in [2.24, 2.45) is 0 Å². The van der Waals surface area contributed by atoms with Crippen molar-refractivity contribution in [3.8, 4) is 0 Å². The summed E-state index contributed by atoms with van der Waals surface area (Å²) in [5.41, 5.74) is 0. The highest BCUT2D eigenvalue weighted by molar-refractivity contribution is 7.91. The summed E-state index contributed by atoms with van der Waals surface area (Å²) in [5.74, 6) is 0.489. The van der Waals surface area contributed by atoms with Crippen molar-refractivity contribution in [1.29, 1.82) is 0 Å². The second-order valence-corrected chi connectivity index (χ2v) is 6.43. The summed E-state index contributed by atoms with van der Waals surface area (Å²) in [6, 6.07) is 0.103. The normalized spacial score (nSPS) is 34.4. The van der Waals surface area contributed by atoms with Gasteiger partial charge in [0.1, 0.15) is 0 Å². The molecule has 6 heteroatoms. The number of thiocarbonyl (C=S) groups is 1. The molecule has 0 saturated carbocycles. The molecule has 14 heavy (non-hydrogen) atoms.